The third-order valence-electron chi connectivity index (χ3n) is 6.19. The number of fused-ring (bicyclic) bond motifs is 3. The smallest absolute Gasteiger partial charge is 0.425 e. The molecule has 3 N–H and O–H groups in total. The van der Waals surface area contributed by atoms with Crippen LogP contribution >= 0.6 is 0 Å². The Morgan fingerprint density at radius 2 is 1.46 bits per heavy atom. The number of carbonyl (C=O) groups is 3. The average molecular weight is 503 g/mol. The van der Waals surface area contributed by atoms with Gasteiger partial charge >= 0.3 is 18.0 Å². The van der Waals surface area contributed by atoms with Crippen molar-refractivity contribution in [2.45, 2.75) is 44.8 Å². The van der Waals surface area contributed by atoms with E-state index in [1.807, 2.05) is 24.3 Å². The minimum Gasteiger partial charge on any atom is -0.480 e. The zero-order valence-electron chi connectivity index (χ0n) is 21.0. The lowest BCUT2D eigenvalue weighted by Gasteiger charge is -2.28. The number of hydrazine groups is 1. The monoisotopic (exact) mass is 502 g/mol. The lowest BCUT2D eigenvalue weighted by atomic mass is 9.98. The molecule has 1 aliphatic rings. The maximum absolute atomic E-state index is 12.8. The highest BCUT2D eigenvalue weighted by Gasteiger charge is 2.32. The SMILES string of the molecule is CC(C)(C)OC(=O)N(N)[C@H](Cc1ccc(C(=O)OCC2c3ccccc3-c3ccccc32)cc1)C(=O)O. The van der Waals surface area contributed by atoms with Gasteiger partial charge in [0.15, 0.2) is 6.04 Å². The number of carboxylic acid groups (broad SMARTS) is 1. The van der Waals surface area contributed by atoms with Gasteiger partial charge in [-0.15, -0.1) is 0 Å². The first kappa shape index (κ1) is 25.9. The van der Waals surface area contributed by atoms with Crippen molar-refractivity contribution in [3.63, 3.8) is 0 Å². The van der Waals surface area contributed by atoms with Gasteiger partial charge in [0, 0.05) is 12.3 Å². The Kier molecular flexibility index (Phi) is 7.31. The van der Waals surface area contributed by atoms with Gasteiger partial charge in [0.2, 0.25) is 0 Å². The minimum atomic E-state index is -1.34. The second-order valence-electron chi connectivity index (χ2n) is 9.97. The first-order chi connectivity index (χ1) is 17.5. The van der Waals surface area contributed by atoms with Gasteiger partial charge in [0.05, 0.1) is 5.56 Å². The lowest BCUT2D eigenvalue weighted by molar-refractivity contribution is -0.143. The Hall–Kier alpha value is -4.17. The largest absolute Gasteiger partial charge is 0.480 e. The van der Waals surface area contributed by atoms with E-state index in [4.69, 9.17) is 15.3 Å². The highest BCUT2D eigenvalue weighted by atomic mass is 16.6. The van der Waals surface area contributed by atoms with Crippen molar-refractivity contribution in [1.29, 1.82) is 0 Å². The molecule has 0 heterocycles. The van der Waals surface area contributed by atoms with Gasteiger partial charge < -0.3 is 14.6 Å². The summed E-state index contributed by atoms with van der Waals surface area (Å²) in [6, 6.07) is 21.3. The van der Waals surface area contributed by atoms with E-state index in [-0.39, 0.29) is 18.9 Å². The molecule has 1 amide bonds. The Labute approximate surface area is 215 Å². The molecule has 1 atom stereocenters. The number of amides is 1. The molecule has 0 aliphatic heterocycles. The van der Waals surface area contributed by atoms with E-state index in [0.29, 0.717) is 16.1 Å². The molecule has 0 unspecified atom stereocenters. The van der Waals surface area contributed by atoms with E-state index in [1.165, 1.54) is 0 Å². The third kappa shape index (κ3) is 5.81. The molecular formula is C29H30N2O6. The lowest BCUT2D eigenvalue weighted by Crippen LogP contribution is -2.52. The van der Waals surface area contributed by atoms with Crippen LogP contribution in [0.2, 0.25) is 0 Å². The van der Waals surface area contributed by atoms with Gasteiger partial charge in [-0.05, 0) is 60.7 Å². The number of esters is 1. The van der Waals surface area contributed by atoms with Crippen molar-refractivity contribution >= 4 is 18.0 Å². The van der Waals surface area contributed by atoms with Crippen LogP contribution in [0.4, 0.5) is 4.79 Å². The van der Waals surface area contributed by atoms with Crippen molar-refractivity contribution in [1.82, 2.24) is 5.01 Å². The van der Waals surface area contributed by atoms with E-state index in [2.05, 4.69) is 24.3 Å². The minimum absolute atomic E-state index is 0.0460. The maximum Gasteiger partial charge on any atom is 0.425 e. The van der Waals surface area contributed by atoms with Gasteiger partial charge in [-0.25, -0.2) is 25.2 Å². The molecule has 0 saturated carbocycles. The van der Waals surface area contributed by atoms with E-state index in [0.717, 1.165) is 22.3 Å². The third-order valence-corrected chi connectivity index (χ3v) is 6.19. The van der Waals surface area contributed by atoms with Gasteiger partial charge in [-0.2, -0.15) is 0 Å². The number of benzene rings is 3. The highest BCUT2D eigenvalue weighted by molar-refractivity contribution is 5.89. The highest BCUT2D eigenvalue weighted by Crippen LogP contribution is 2.44. The Morgan fingerprint density at radius 1 is 0.919 bits per heavy atom. The number of carbonyl (C=O) groups excluding carboxylic acids is 2. The van der Waals surface area contributed by atoms with Gasteiger partial charge in [-0.3, -0.25) is 0 Å². The fourth-order valence-electron chi connectivity index (χ4n) is 4.43. The molecule has 0 fully saturated rings. The number of nitrogens with zero attached hydrogens (tertiary/aromatic N) is 1. The molecule has 0 saturated heterocycles. The number of carboxylic acids is 1. The first-order valence-corrected chi connectivity index (χ1v) is 12.0. The van der Waals surface area contributed by atoms with Crippen LogP contribution in [0, 0.1) is 0 Å². The fourth-order valence-corrected chi connectivity index (χ4v) is 4.43. The molecule has 0 bridgehead atoms. The van der Waals surface area contributed by atoms with Crippen LogP contribution in [0.3, 0.4) is 0 Å². The summed E-state index contributed by atoms with van der Waals surface area (Å²) in [6.45, 7) is 5.19. The fraction of sp³-hybridized carbons (Fsp3) is 0.276. The Balaban J connectivity index is 1.41. The van der Waals surface area contributed by atoms with E-state index in [1.54, 1.807) is 45.0 Å². The Morgan fingerprint density at radius 3 is 1.97 bits per heavy atom. The summed E-state index contributed by atoms with van der Waals surface area (Å²) in [4.78, 5) is 36.8. The van der Waals surface area contributed by atoms with Gasteiger partial charge in [0.25, 0.3) is 0 Å². The molecular weight excluding hydrogens is 472 g/mol. The molecule has 3 aromatic rings. The van der Waals surface area contributed by atoms with E-state index < -0.39 is 29.7 Å². The van der Waals surface area contributed by atoms with Gasteiger partial charge in [-0.1, -0.05) is 60.7 Å². The molecule has 37 heavy (non-hydrogen) atoms. The molecule has 0 spiro atoms. The summed E-state index contributed by atoms with van der Waals surface area (Å²) >= 11 is 0. The molecule has 8 nitrogen and oxygen atoms in total. The quantitative estimate of drug-likeness (QED) is 0.207. The summed E-state index contributed by atoms with van der Waals surface area (Å²) in [7, 11) is 0. The standard InChI is InChI=1S/C29H30N2O6/c1-29(2,3)37-28(35)31(30)25(26(32)33)16-18-12-14-19(15-13-18)27(34)36-17-24-22-10-6-4-8-20(22)21-9-5-7-11-23(21)24/h4-15,24-25H,16-17,30H2,1-3H3,(H,32,33)/t25-/m1/s1. The van der Waals surface area contributed by atoms with E-state index in [9.17, 15) is 19.5 Å². The number of ether oxygens (including phenoxy) is 2. The summed E-state index contributed by atoms with van der Waals surface area (Å²) in [5.74, 6) is 3.98. The summed E-state index contributed by atoms with van der Waals surface area (Å²) in [6.07, 6.45) is -0.995. The van der Waals surface area contributed by atoms with Crippen LogP contribution in [0.1, 0.15) is 53.7 Å². The zero-order chi connectivity index (χ0) is 26.7. The molecule has 0 aromatic heterocycles. The van der Waals surface area contributed by atoms with Crippen molar-refractivity contribution < 1.29 is 29.0 Å². The summed E-state index contributed by atoms with van der Waals surface area (Å²) in [5.41, 5.74) is 4.66. The topological polar surface area (TPSA) is 119 Å². The van der Waals surface area contributed by atoms with Crippen LogP contribution in [0.5, 0.6) is 0 Å². The number of rotatable bonds is 7. The second kappa shape index (κ2) is 10.4. The zero-order valence-corrected chi connectivity index (χ0v) is 21.0. The van der Waals surface area contributed by atoms with Crippen LogP contribution in [0.15, 0.2) is 72.8 Å². The van der Waals surface area contributed by atoms with Crippen molar-refractivity contribution in [3.05, 3.63) is 95.1 Å². The van der Waals surface area contributed by atoms with Crippen LogP contribution in [-0.2, 0) is 20.7 Å². The van der Waals surface area contributed by atoms with Crippen molar-refractivity contribution in [2.75, 3.05) is 6.61 Å². The van der Waals surface area contributed by atoms with Crippen molar-refractivity contribution in [2.24, 2.45) is 5.84 Å². The molecule has 8 heteroatoms. The predicted molar refractivity (Wildman–Crippen MR) is 138 cm³/mol. The average Bonchev–Trinajstić information content (AvgIpc) is 3.18. The summed E-state index contributed by atoms with van der Waals surface area (Å²) in [5, 5.41) is 10.2. The number of aliphatic carboxylic acids is 1. The number of nitrogens with two attached hydrogens (primary N) is 1. The van der Waals surface area contributed by atoms with Crippen LogP contribution in [0.25, 0.3) is 11.1 Å². The number of hydrogen-bond donors (Lipinski definition) is 2. The maximum atomic E-state index is 12.8. The van der Waals surface area contributed by atoms with Crippen LogP contribution < -0.4 is 5.84 Å². The molecule has 4 rings (SSSR count). The van der Waals surface area contributed by atoms with Crippen molar-refractivity contribution in [3.8, 4) is 11.1 Å². The summed E-state index contributed by atoms with van der Waals surface area (Å²) < 4.78 is 10.8. The predicted octanol–water partition coefficient (Wildman–Crippen LogP) is 4.76. The van der Waals surface area contributed by atoms with E-state index >= 15 is 0 Å². The normalized spacial score (nSPS) is 13.3. The molecule has 3 aromatic carbocycles. The van der Waals surface area contributed by atoms with Gasteiger partial charge in [0.1, 0.15) is 12.2 Å². The first-order valence-electron chi connectivity index (χ1n) is 12.0. The molecule has 1 aliphatic carbocycles. The Bertz CT molecular complexity index is 1270. The second-order valence-corrected chi connectivity index (χ2v) is 9.97. The number of hydrogen-bond acceptors (Lipinski definition) is 6. The molecule has 192 valence electrons. The van der Waals surface area contributed by atoms with Crippen LogP contribution in [-0.4, -0.2) is 46.4 Å². The molecule has 0 radical (unpaired) electrons.